The molecule has 2 N–H and O–H groups in total. The Kier molecular flexibility index (Phi) is 4.77. The predicted molar refractivity (Wildman–Crippen MR) is 76.5 cm³/mol. The molecule has 1 fully saturated rings. The van der Waals surface area contributed by atoms with Gasteiger partial charge in [-0.05, 0) is 24.8 Å². The van der Waals surface area contributed by atoms with Crippen LogP contribution in [0.15, 0.2) is 30.3 Å². The summed E-state index contributed by atoms with van der Waals surface area (Å²) in [6.45, 7) is 0.430. The highest BCUT2D eigenvalue weighted by atomic mass is 16.4. The van der Waals surface area contributed by atoms with E-state index in [1.165, 1.54) is 0 Å². The zero-order valence-corrected chi connectivity index (χ0v) is 11.6. The lowest BCUT2D eigenvalue weighted by Crippen LogP contribution is -2.43. The van der Waals surface area contributed by atoms with Crippen molar-refractivity contribution in [1.82, 2.24) is 5.32 Å². The number of benzene rings is 1. The van der Waals surface area contributed by atoms with Gasteiger partial charge >= 0.3 is 5.97 Å². The molecule has 1 aliphatic carbocycles. The molecule has 4 nitrogen and oxygen atoms in total. The van der Waals surface area contributed by atoms with Crippen LogP contribution in [0.2, 0.25) is 0 Å². The minimum absolute atomic E-state index is 0.0478. The molecule has 0 aliphatic heterocycles. The minimum atomic E-state index is -0.821. The van der Waals surface area contributed by atoms with E-state index in [1.807, 2.05) is 30.3 Å². The molecular formula is C16H21NO3. The van der Waals surface area contributed by atoms with Gasteiger partial charge in [-0.15, -0.1) is 0 Å². The lowest BCUT2D eigenvalue weighted by atomic mass is 9.78. The fourth-order valence-electron chi connectivity index (χ4n) is 2.99. The summed E-state index contributed by atoms with van der Waals surface area (Å²) < 4.78 is 0. The number of amides is 1. The third-order valence-corrected chi connectivity index (χ3v) is 4.07. The predicted octanol–water partition coefficient (Wildman–Crippen LogP) is 2.48. The monoisotopic (exact) mass is 275 g/mol. The largest absolute Gasteiger partial charge is 0.481 e. The highest BCUT2D eigenvalue weighted by Crippen LogP contribution is 2.41. The maximum absolute atomic E-state index is 12.6. The molecular weight excluding hydrogens is 254 g/mol. The van der Waals surface area contributed by atoms with Crippen LogP contribution in [0.1, 0.15) is 44.1 Å². The van der Waals surface area contributed by atoms with Gasteiger partial charge in [0.25, 0.3) is 0 Å². The van der Waals surface area contributed by atoms with Crippen LogP contribution >= 0.6 is 0 Å². The molecule has 0 aromatic heterocycles. The SMILES string of the molecule is O=C(O)CCCNC(=O)C1(c2ccccc2)CCCC1. The van der Waals surface area contributed by atoms with Gasteiger partial charge in [-0.2, -0.15) is 0 Å². The van der Waals surface area contributed by atoms with Gasteiger partial charge in [-0.3, -0.25) is 9.59 Å². The van der Waals surface area contributed by atoms with Crippen LogP contribution in [0.5, 0.6) is 0 Å². The number of nitrogens with one attached hydrogen (secondary N) is 1. The van der Waals surface area contributed by atoms with Crippen molar-refractivity contribution in [2.24, 2.45) is 0 Å². The average Bonchev–Trinajstić information content (AvgIpc) is 2.95. The summed E-state index contributed by atoms with van der Waals surface area (Å²) in [6.07, 6.45) is 4.46. The highest BCUT2D eigenvalue weighted by Gasteiger charge is 2.42. The number of hydrogen-bond acceptors (Lipinski definition) is 2. The normalized spacial score (nSPS) is 16.8. The van der Waals surface area contributed by atoms with E-state index in [1.54, 1.807) is 0 Å². The van der Waals surface area contributed by atoms with Gasteiger partial charge in [-0.1, -0.05) is 43.2 Å². The molecule has 0 radical (unpaired) electrons. The van der Waals surface area contributed by atoms with Crippen molar-refractivity contribution >= 4 is 11.9 Å². The molecule has 0 atom stereocenters. The number of carbonyl (C=O) groups excluding carboxylic acids is 1. The van der Waals surface area contributed by atoms with E-state index >= 15 is 0 Å². The van der Waals surface area contributed by atoms with Crippen molar-refractivity contribution in [3.8, 4) is 0 Å². The molecule has 1 aliphatic rings. The topological polar surface area (TPSA) is 66.4 Å². The number of aliphatic carboxylic acids is 1. The first-order chi connectivity index (χ1) is 9.65. The summed E-state index contributed by atoms with van der Waals surface area (Å²) in [5.74, 6) is -0.774. The van der Waals surface area contributed by atoms with Gasteiger partial charge in [0.1, 0.15) is 0 Å². The lowest BCUT2D eigenvalue weighted by molar-refractivity contribution is -0.137. The van der Waals surface area contributed by atoms with Crippen molar-refractivity contribution in [3.05, 3.63) is 35.9 Å². The lowest BCUT2D eigenvalue weighted by Gasteiger charge is -2.28. The van der Waals surface area contributed by atoms with Crippen molar-refractivity contribution in [3.63, 3.8) is 0 Å². The molecule has 0 bridgehead atoms. The molecule has 2 rings (SSSR count). The van der Waals surface area contributed by atoms with Crippen LogP contribution in [0, 0.1) is 0 Å². The van der Waals surface area contributed by atoms with Crippen LogP contribution < -0.4 is 5.32 Å². The van der Waals surface area contributed by atoms with Crippen molar-refractivity contribution in [2.75, 3.05) is 6.54 Å². The highest BCUT2D eigenvalue weighted by molar-refractivity contribution is 5.88. The van der Waals surface area contributed by atoms with Crippen molar-refractivity contribution < 1.29 is 14.7 Å². The zero-order valence-electron chi connectivity index (χ0n) is 11.6. The van der Waals surface area contributed by atoms with E-state index in [0.29, 0.717) is 13.0 Å². The molecule has 1 aromatic rings. The summed E-state index contributed by atoms with van der Waals surface area (Å²) in [6, 6.07) is 9.92. The Morgan fingerprint density at radius 1 is 1.15 bits per heavy atom. The minimum Gasteiger partial charge on any atom is -0.481 e. The summed E-state index contributed by atoms with van der Waals surface area (Å²) in [7, 11) is 0. The fraction of sp³-hybridized carbons (Fsp3) is 0.500. The Labute approximate surface area is 119 Å². The zero-order chi connectivity index (χ0) is 14.4. The molecule has 4 heteroatoms. The summed E-state index contributed by atoms with van der Waals surface area (Å²) in [4.78, 5) is 23.0. The molecule has 0 saturated heterocycles. The van der Waals surface area contributed by atoms with Crippen LogP contribution in [0.3, 0.4) is 0 Å². The van der Waals surface area contributed by atoms with E-state index in [2.05, 4.69) is 5.32 Å². The maximum atomic E-state index is 12.6. The Hall–Kier alpha value is -1.84. The molecule has 1 saturated carbocycles. The Morgan fingerprint density at radius 3 is 2.40 bits per heavy atom. The molecule has 20 heavy (non-hydrogen) atoms. The summed E-state index contributed by atoms with van der Waals surface area (Å²) in [5, 5.41) is 11.5. The molecule has 0 unspecified atom stereocenters. The number of carbonyl (C=O) groups is 2. The molecule has 0 heterocycles. The van der Waals surface area contributed by atoms with Gasteiger partial charge < -0.3 is 10.4 Å². The second-order valence-corrected chi connectivity index (χ2v) is 5.41. The molecule has 108 valence electrons. The molecule has 1 aromatic carbocycles. The standard InChI is InChI=1S/C16H21NO3/c18-14(19)9-6-12-17-15(20)16(10-4-5-11-16)13-7-2-1-3-8-13/h1-3,7-8H,4-6,9-12H2,(H,17,20)(H,18,19). The van der Waals surface area contributed by atoms with E-state index in [9.17, 15) is 9.59 Å². The number of hydrogen-bond donors (Lipinski definition) is 2. The van der Waals surface area contributed by atoms with E-state index in [4.69, 9.17) is 5.11 Å². The number of carboxylic acid groups (broad SMARTS) is 1. The number of carboxylic acids is 1. The number of rotatable bonds is 6. The Morgan fingerprint density at radius 2 is 1.80 bits per heavy atom. The van der Waals surface area contributed by atoms with E-state index < -0.39 is 11.4 Å². The van der Waals surface area contributed by atoms with Crippen molar-refractivity contribution in [1.29, 1.82) is 0 Å². The van der Waals surface area contributed by atoms with Crippen LogP contribution in [0.4, 0.5) is 0 Å². The second kappa shape index (κ2) is 6.55. The third-order valence-electron chi connectivity index (χ3n) is 4.07. The third kappa shape index (κ3) is 3.18. The van der Waals surface area contributed by atoms with E-state index in [-0.39, 0.29) is 12.3 Å². The van der Waals surface area contributed by atoms with Gasteiger partial charge in [0.05, 0.1) is 5.41 Å². The Bertz CT molecular complexity index is 464. The van der Waals surface area contributed by atoms with Gasteiger partial charge in [0, 0.05) is 13.0 Å². The van der Waals surface area contributed by atoms with Gasteiger partial charge in [0.2, 0.25) is 5.91 Å². The fourth-order valence-corrected chi connectivity index (χ4v) is 2.99. The Balaban J connectivity index is 2.02. The average molecular weight is 275 g/mol. The summed E-state index contributed by atoms with van der Waals surface area (Å²) >= 11 is 0. The first kappa shape index (κ1) is 14.6. The van der Waals surface area contributed by atoms with Crippen LogP contribution in [-0.4, -0.2) is 23.5 Å². The molecule has 0 spiro atoms. The van der Waals surface area contributed by atoms with Crippen LogP contribution in [-0.2, 0) is 15.0 Å². The van der Waals surface area contributed by atoms with Gasteiger partial charge in [0.15, 0.2) is 0 Å². The maximum Gasteiger partial charge on any atom is 0.303 e. The van der Waals surface area contributed by atoms with Crippen LogP contribution in [0.25, 0.3) is 0 Å². The second-order valence-electron chi connectivity index (χ2n) is 5.41. The quantitative estimate of drug-likeness (QED) is 0.784. The summed E-state index contributed by atoms with van der Waals surface area (Å²) in [5.41, 5.74) is 0.665. The smallest absolute Gasteiger partial charge is 0.303 e. The first-order valence-corrected chi connectivity index (χ1v) is 7.21. The van der Waals surface area contributed by atoms with Gasteiger partial charge in [-0.25, -0.2) is 0 Å². The van der Waals surface area contributed by atoms with E-state index in [0.717, 1.165) is 31.2 Å². The van der Waals surface area contributed by atoms with Crippen molar-refractivity contribution in [2.45, 2.75) is 43.9 Å². The molecule has 1 amide bonds. The first-order valence-electron chi connectivity index (χ1n) is 7.21.